The van der Waals surface area contributed by atoms with Gasteiger partial charge in [-0.05, 0) is 17.7 Å². The van der Waals surface area contributed by atoms with E-state index in [1.807, 2.05) is 60.7 Å². The molecule has 3 aromatic carbocycles. The summed E-state index contributed by atoms with van der Waals surface area (Å²) in [5, 5.41) is 11.4. The Balaban J connectivity index is 1.74. The number of ketones is 1. The highest BCUT2D eigenvalue weighted by Gasteiger charge is 2.48. The fraction of sp³-hybridized carbons (Fsp3) is 0.0417. The summed E-state index contributed by atoms with van der Waals surface area (Å²) in [5.74, 6) is -1.60. The summed E-state index contributed by atoms with van der Waals surface area (Å²) in [6.07, 6.45) is 0. The summed E-state index contributed by atoms with van der Waals surface area (Å²) in [6.45, 7) is 0. The molecule has 1 fully saturated rings. The molecule has 0 bridgehead atoms. The van der Waals surface area contributed by atoms with Gasteiger partial charge in [0, 0.05) is 5.56 Å². The average molecular weight is 412 g/mol. The second kappa shape index (κ2) is 7.24. The van der Waals surface area contributed by atoms with E-state index >= 15 is 0 Å². The monoisotopic (exact) mass is 412 g/mol. The molecule has 0 spiro atoms. The minimum absolute atomic E-state index is 0.0663. The van der Waals surface area contributed by atoms with Gasteiger partial charge in [0.15, 0.2) is 5.13 Å². The standard InChI is InChI=1S/C24H16N2O3S/c27-21(16-11-5-2-6-12-16)19-20(15-9-3-1-4-10-15)26(23(29)22(19)28)24-25-17-13-7-8-14-18(17)30-24/h1-14,20,27H/t20-/m0/s1. The van der Waals surface area contributed by atoms with Gasteiger partial charge in [-0.2, -0.15) is 0 Å². The molecule has 1 N–H and O–H groups in total. The maximum absolute atomic E-state index is 13.1. The lowest BCUT2D eigenvalue weighted by molar-refractivity contribution is -0.132. The van der Waals surface area contributed by atoms with Crippen molar-refractivity contribution in [1.29, 1.82) is 0 Å². The molecule has 146 valence electrons. The van der Waals surface area contributed by atoms with Crippen LogP contribution in [-0.2, 0) is 9.59 Å². The zero-order valence-electron chi connectivity index (χ0n) is 15.7. The SMILES string of the molecule is O=C1C(=O)N(c2nc3ccccc3s2)[C@@H](c2ccccc2)C1=C(O)c1ccccc1. The van der Waals surface area contributed by atoms with E-state index in [0.29, 0.717) is 10.7 Å². The van der Waals surface area contributed by atoms with Crippen molar-refractivity contribution >= 4 is 44.1 Å². The second-order valence-corrected chi connectivity index (χ2v) is 7.92. The third kappa shape index (κ3) is 2.89. The van der Waals surface area contributed by atoms with Crippen molar-refractivity contribution in [1.82, 2.24) is 4.98 Å². The third-order valence-corrected chi connectivity index (χ3v) is 6.13. The van der Waals surface area contributed by atoms with Crippen molar-refractivity contribution in [3.63, 3.8) is 0 Å². The van der Waals surface area contributed by atoms with Gasteiger partial charge in [0.25, 0.3) is 5.78 Å². The van der Waals surface area contributed by atoms with Crippen LogP contribution in [0.5, 0.6) is 0 Å². The summed E-state index contributed by atoms with van der Waals surface area (Å²) < 4.78 is 0.921. The number of hydrogen-bond donors (Lipinski definition) is 1. The van der Waals surface area contributed by atoms with E-state index in [4.69, 9.17) is 0 Å². The van der Waals surface area contributed by atoms with Crippen molar-refractivity contribution in [2.45, 2.75) is 6.04 Å². The zero-order chi connectivity index (χ0) is 20.7. The van der Waals surface area contributed by atoms with E-state index in [1.165, 1.54) is 16.2 Å². The van der Waals surface area contributed by atoms with Crippen LogP contribution in [0.1, 0.15) is 17.2 Å². The fourth-order valence-corrected chi connectivity index (χ4v) is 4.69. The third-order valence-electron chi connectivity index (χ3n) is 5.10. The largest absolute Gasteiger partial charge is 0.507 e. The quantitative estimate of drug-likeness (QED) is 0.294. The molecular weight excluding hydrogens is 396 g/mol. The Morgan fingerprint density at radius 1 is 0.867 bits per heavy atom. The fourth-order valence-electron chi connectivity index (χ4n) is 3.70. The molecule has 0 aliphatic carbocycles. The minimum Gasteiger partial charge on any atom is -0.507 e. The van der Waals surface area contributed by atoms with Gasteiger partial charge in [0.1, 0.15) is 5.76 Å². The number of Topliss-reactive ketones (excluding diaryl/α,β-unsaturated/α-hetero) is 1. The molecule has 5 rings (SSSR count). The topological polar surface area (TPSA) is 70.5 Å². The summed E-state index contributed by atoms with van der Waals surface area (Å²) >= 11 is 1.35. The number of para-hydroxylation sites is 1. The first-order valence-corrected chi connectivity index (χ1v) is 10.2. The number of rotatable bonds is 3. The highest BCUT2D eigenvalue weighted by atomic mass is 32.1. The molecule has 30 heavy (non-hydrogen) atoms. The number of nitrogens with zero attached hydrogens (tertiary/aromatic N) is 2. The number of aliphatic hydroxyl groups is 1. The van der Waals surface area contributed by atoms with Crippen LogP contribution in [0, 0.1) is 0 Å². The summed E-state index contributed by atoms with van der Waals surface area (Å²) in [7, 11) is 0. The van der Waals surface area contributed by atoms with Crippen LogP contribution in [0.3, 0.4) is 0 Å². The van der Waals surface area contributed by atoms with Crippen LogP contribution in [0.4, 0.5) is 5.13 Å². The normalized spacial score (nSPS) is 18.3. The van der Waals surface area contributed by atoms with E-state index in [9.17, 15) is 14.7 Å². The molecule has 1 amide bonds. The summed E-state index contributed by atoms with van der Waals surface area (Å²) in [4.78, 5) is 32.2. The van der Waals surface area contributed by atoms with Gasteiger partial charge in [-0.1, -0.05) is 84.1 Å². The Kier molecular flexibility index (Phi) is 4.41. The number of hydrogen-bond acceptors (Lipinski definition) is 5. The van der Waals surface area contributed by atoms with Crippen molar-refractivity contribution < 1.29 is 14.7 Å². The van der Waals surface area contributed by atoms with E-state index in [1.54, 1.807) is 24.3 Å². The molecule has 0 saturated carbocycles. The average Bonchev–Trinajstić information content (AvgIpc) is 3.33. The highest BCUT2D eigenvalue weighted by Crippen LogP contribution is 2.44. The molecule has 1 atom stereocenters. The first kappa shape index (κ1) is 18.3. The maximum atomic E-state index is 13.1. The van der Waals surface area contributed by atoms with Crippen molar-refractivity contribution in [3.05, 3.63) is 102 Å². The van der Waals surface area contributed by atoms with E-state index < -0.39 is 17.7 Å². The van der Waals surface area contributed by atoms with E-state index in [2.05, 4.69) is 4.98 Å². The Morgan fingerprint density at radius 3 is 2.20 bits per heavy atom. The maximum Gasteiger partial charge on any atom is 0.301 e. The number of amides is 1. The molecule has 6 heteroatoms. The van der Waals surface area contributed by atoms with Crippen LogP contribution in [-0.4, -0.2) is 21.8 Å². The number of aliphatic hydroxyl groups excluding tert-OH is 1. The first-order chi connectivity index (χ1) is 14.6. The van der Waals surface area contributed by atoms with Crippen LogP contribution in [0.15, 0.2) is 90.5 Å². The van der Waals surface area contributed by atoms with E-state index in [0.717, 1.165) is 15.8 Å². The van der Waals surface area contributed by atoms with Crippen LogP contribution in [0.2, 0.25) is 0 Å². The van der Waals surface area contributed by atoms with Crippen LogP contribution < -0.4 is 4.90 Å². The Labute approximate surface area is 176 Å². The zero-order valence-corrected chi connectivity index (χ0v) is 16.5. The number of fused-ring (bicyclic) bond motifs is 1. The first-order valence-electron chi connectivity index (χ1n) is 9.42. The number of carbonyl (C=O) groups is 2. The smallest absolute Gasteiger partial charge is 0.301 e. The van der Waals surface area contributed by atoms with Gasteiger partial charge in [0.2, 0.25) is 0 Å². The Morgan fingerprint density at radius 2 is 1.50 bits per heavy atom. The van der Waals surface area contributed by atoms with Crippen molar-refractivity contribution in [3.8, 4) is 0 Å². The van der Waals surface area contributed by atoms with Crippen molar-refractivity contribution in [2.24, 2.45) is 0 Å². The van der Waals surface area contributed by atoms with Crippen LogP contribution >= 0.6 is 11.3 Å². The summed E-state index contributed by atoms with van der Waals surface area (Å²) in [5.41, 5.74) is 2.04. The van der Waals surface area contributed by atoms with Gasteiger partial charge >= 0.3 is 5.91 Å². The molecule has 0 radical (unpaired) electrons. The predicted octanol–water partition coefficient (Wildman–Crippen LogP) is 4.92. The number of benzene rings is 3. The van der Waals surface area contributed by atoms with E-state index in [-0.39, 0.29) is 11.3 Å². The minimum atomic E-state index is -0.757. The molecule has 5 nitrogen and oxygen atoms in total. The van der Waals surface area contributed by atoms with Gasteiger partial charge in [-0.3, -0.25) is 14.5 Å². The molecule has 1 aromatic heterocycles. The summed E-state index contributed by atoms with van der Waals surface area (Å²) in [6, 6.07) is 24.9. The predicted molar refractivity (Wildman–Crippen MR) is 117 cm³/mol. The van der Waals surface area contributed by atoms with Crippen molar-refractivity contribution in [2.75, 3.05) is 4.90 Å². The van der Waals surface area contributed by atoms with Gasteiger partial charge in [0.05, 0.1) is 21.8 Å². The number of aromatic nitrogens is 1. The number of thiazole rings is 1. The lowest BCUT2D eigenvalue weighted by atomic mass is 9.95. The van der Waals surface area contributed by atoms with Gasteiger partial charge in [-0.15, -0.1) is 0 Å². The molecule has 1 saturated heterocycles. The van der Waals surface area contributed by atoms with Gasteiger partial charge in [-0.25, -0.2) is 4.98 Å². The van der Waals surface area contributed by atoms with Crippen LogP contribution in [0.25, 0.3) is 16.0 Å². The lowest BCUT2D eigenvalue weighted by Gasteiger charge is -2.22. The second-order valence-electron chi connectivity index (χ2n) is 6.91. The number of carbonyl (C=O) groups excluding carboxylic acids is 2. The molecule has 4 aromatic rings. The lowest BCUT2D eigenvalue weighted by Crippen LogP contribution is -2.29. The molecule has 1 aliphatic rings. The molecule has 1 aliphatic heterocycles. The number of anilines is 1. The Bertz CT molecular complexity index is 1260. The highest BCUT2D eigenvalue weighted by molar-refractivity contribution is 7.22. The molecule has 0 unspecified atom stereocenters. The van der Waals surface area contributed by atoms with Gasteiger partial charge < -0.3 is 5.11 Å². The Hall–Kier alpha value is -3.77. The molecule has 2 heterocycles. The molecular formula is C24H16N2O3S.